The van der Waals surface area contributed by atoms with Gasteiger partial charge in [-0.2, -0.15) is 0 Å². The van der Waals surface area contributed by atoms with Gasteiger partial charge in [0.25, 0.3) is 0 Å². The summed E-state index contributed by atoms with van der Waals surface area (Å²) < 4.78 is 43.8. The van der Waals surface area contributed by atoms with E-state index in [-0.39, 0.29) is 5.75 Å². The molecule has 0 amide bonds. The quantitative estimate of drug-likeness (QED) is 0.281. The van der Waals surface area contributed by atoms with E-state index in [1.807, 2.05) is 42.5 Å². The molecule has 0 aliphatic heterocycles. The third-order valence-electron chi connectivity index (χ3n) is 4.78. The van der Waals surface area contributed by atoms with Crippen LogP contribution in [0.2, 0.25) is 0 Å². The van der Waals surface area contributed by atoms with Crippen molar-refractivity contribution in [2.45, 2.75) is 4.90 Å². The summed E-state index contributed by atoms with van der Waals surface area (Å²) in [6.07, 6.45) is 3.91. The largest absolute Gasteiger partial charge is 0.495 e. The molecule has 8 heteroatoms. The molecule has 3 aromatic rings. The monoisotopic (exact) mass is 471 g/mol. The van der Waals surface area contributed by atoms with Crippen molar-refractivity contribution in [1.29, 1.82) is 0 Å². The lowest BCUT2D eigenvalue weighted by Gasteiger charge is -2.13. The maximum atomic E-state index is 14.0. The number of halogens is 1. The van der Waals surface area contributed by atoms with E-state index >= 15 is 0 Å². The maximum Gasteiger partial charge on any atom is 0.203 e. The Kier molecular flexibility index (Phi) is 8.32. The number of ether oxygens (including phenoxy) is 5. The molecule has 0 aromatic heterocycles. The van der Waals surface area contributed by atoms with Crippen molar-refractivity contribution < 1.29 is 28.1 Å². The lowest BCUT2D eigenvalue weighted by atomic mass is 10.1. The van der Waals surface area contributed by atoms with E-state index in [0.29, 0.717) is 27.9 Å². The smallest absolute Gasteiger partial charge is 0.203 e. The number of hydrogen-bond donors (Lipinski definition) is 1. The van der Waals surface area contributed by atoms with Crippen LogP contribution in [0.4, 0.5) is 10.1 Å². The SMILES string of the molecule is COc1ccc(SNc2cc(/C=C\c3cc(OC)c(OC)c(OC)c3)ccc2OC)cc1F. The Morgan fingerprint density at radius 1 is 0.667 bits per heavy atom. The molecule has 0 unspecified atom stereocenters. The number of methoxy groups -OCH3 is 5. The van der Waals surface area contributed by atoms with Crippen molar-refractivity contribution in [3.05, 3.63) is 65.5 Å². The van der Waals surface area contributed by atoms with E-state index in [1.165, 1.54) is 25.1 Å². The predicted molar refractivity (Wildman–Crippen MR) is 130 cm³/mol. The van der Waals surface area contributed by atoms with E-state index in [1.54, 1.807) is 40.6 Å². The van der Waals surface area contributed by atoms with E-state index < -0.39 is 5.82 Å². The molecular formula is C25H26FNO5S. The Hall–Kier alpha value is -3.52. The van der Waals surface area contributed by atoms with Gasteiger partial charge in [-0.15, -0.1) is 0 Å². The van der Waals surface area contributed by atoms with Crippen LogP contribution in [0.5, 0.6) is 28.7 Å². The van der Waals surface area contributed by atoms with Gasteiger partial charge in [0.05, 0.1) is 41.2 Å². The molecule has 174 valence electrons. The van der Waals surface area contributed by atoms with Gasteiger partial charge in [-0.05, 0) is 65.5 Å². The summed E-state index contributed by atoms with van der Waals surface area (Å²) >= 11 is 1.28. The highest BCUT2D eigenvalue weighted by atomic mass is 32.2. The van der Waals surface area contributed by atoms with Crippen LogP contribution in [0, 0.1) is 5.82 Å². The van der Waals surface area contributed by atoms with Crippen molar-refractivity contribution in [3.63, 3.8) is 0 Å². The van der Waals surface area contributed by atoms with Gasteiger partial charge in [0, 0.05) is 4.90 Å². The van der Waals surface area contributed by atoms with Gasteiger partial charge in [0.15, 0.2) is 23.1 Å². The Bertz CT molecular complexity index is 1110. The van der Waals surface area contributed by atoms with Crippen molar-refractivity contribution in [1.82, 2.24) is 0 Å². The Labute approximate surface area is 197 Å². The maximum absolute atomic E-state index is 14.0. The number of rotatable bonds is 10. The molecular weight excluding hydrogens is 445 g/mol. The molecule has 0 atom stereocenters. The molecule has 0 saturated carbocycles. The van der Waals surface area contributed by atoms with E-state index in [9.17, 15) is 4.39 Å². The molecule has 0 aliphatic carbocycles. The van der Waals surface area contributed by atoms with E-state index in [0.717, 1.165) is 16.8 Å². The average molecular weight is 472 g/mol. The first-order valence-corrected chi connectivity index (χ1v) is 10.8. The van der Waals surface area contributed by atoms with Crippen LogP contribution in [-0.2, 0) is 0 Å². The first kappa shape index (κ1) is 24.1. The minimum Gasteiger partial charge on any atom is -0.495 e. The molecule has 1 N–H and O–H groups in total. The molecule has 0 fully saturated rings. The second-order valence-electron chi connectivity index (χ2n) is 6.75. The topological polar surface area (TPSA) is 58.2 Å². The Balaban J connectivity index is 1.82. The van der Waals surface area contributed by atoms with Crippen LogP contribution >= 0.6 is 11.9 Å². The van der Waals surface area contributed by atoms with Gasteiger partial charge in [0.1, 0.15) is 5.75 Å². The number of anilines is 1. The Morgan fingerprint density at radius 2 is 1.27 bits per heavy atom. The summed E-state index contributed by atoms with van der Waals surface area (Å²) in [5.41, 5.74) is 2.58. The lowest BCUT2D eigenvalue weighted by Crippen LogP contribution is -1.95. The third-order valence-corrected chi connectivity index (χ3v) is 5.59. The average Bonchev–Trinajstić information content (AvgIpc) is 2.85. The normalized spacial score (nSPS) is 10.7. The van der Waals surface area contributed by atoms with Crippen LogP contribution in [0.3, 0.4) is 0 Å². The highest BCUT2D eigenvalue weighted by Crippen LogP contribution is 2.39. The van der Waals surface area contributed by atoms with Crippen LogP contribution in [-0.4, -0.2) is 35.5 Å². The number of hydrogen-bond acceptors (Lipinski definition) is 7. The second-order valence-corrected chi connectivity index (χ2v) is 7.63. The van der Waals surface area contributed by atoms with Crippen molar-refractivity contribution in [3.8, 4) is 28.7 Å². The molecule has 33 heavy (non-hydrogen) atoms. The lowest BCUT2D eigenvalue weighted by molar-refractivity contribution is 0.324. The summed E-state index contributed by atoms with van der Waals surface area (Å²) in [6.45, 7) is 0. The first-order chi connectivity index (χ1) is 16.0. The molecule has 6 nitrogen and oxygen atoms in total. The summed E-state index contributed by atoms with van der Waals surface area (Å²) in [5, 5.41) is 0. The van der Waals surface area contributed by atoms with Crippen LogP contribution in [0.15, 0.2) is 53.4 Å². The molecule has 3 aromatic carbocycles. The van der Waals surface area contributed by atoms with Gasteiger partial charge < -0.3 is 28.4 Å². The summed E-state index contributed by atoms with van der Waals surface area (Å²) in [5.74, 6) is 2.16. The third kappa shape index (κ3) is 5.84. The molecule has 0 saturated heterocycles. The minimum absolute atomic E-state index is 0.204. The summed E-state index contributed by atoms with van der Waals surface area (Å²) in [7, 11) is 7.77. The minimum atomic E-state index is -0.418. The van der Waals surface area contributed by atoms with Crippen LogP contribution in [0.1, 0.15) is 11.1 Å². The fourth-order valence-corrected chi connectivity index (χ4v) is 3.81. The zero-order chi connectivity index (χ0) is 23.8. The van der Waals surface area contributed by atoms with Gasteiger partial charge >= 0.3 is 0 Å². The van der Waals surface area contributed by atoms with E-state index in [4.69, 9.17) is 23.7 Å². The van der Waals surface area contributed by atoms with Crippen molar-refractivity contribution >= 4 is 29.8 Å². The van der Waals surface area contributed by atoms with Crippen LogP contribution in [0.25, 0.3) is 12.2 Å². The zero-order valence-electron chi connectivity index (χ0n) is 19.1. The summed E-state index contributed by atoms with van der Waals surface area (Å²) in [4.78, 5) is 0.703. The Morgan fingerprint density at radius 3 is 1.85 bits per heavy atom. The molecule has 0 aliphatic rings. The van der Waals surface area contributed by atoms with Crippen LogP contribution < -0.4 is 28.4 Å². The molecule has 3 rings (SSSR count). The van der Waals surface area contributed by atoms with Gasteiger partial charge in [-0.3, -0.25) is 0 Å². The van der Waals surface area contributed by atoms with Crippen molar-refractivity contribution in [2.75, 3.05) is 40.3 Å². The standard InChI is InChI=1S/C25H26FNO5S/c1-28-21-11-9-18(15-19(21)26)33-27-20-12-16(8-10-22(20)29-2)6-7-17-13-23(30-3)25(32-5)24(14-17)31-4/h6-15,27H,1-5H3/b7-6-. The number of nitrogens with one attached hydrogen (secondary N) is 1. The molecule has 0 bridgehead atoms. The summed E-state index contributed by atoms with van der Waals surface area (Å²) in [6, 6.07) is 14.3. The molecule has 0 radical (unpaired) electrons. The van der Waals surface area contributed by atoms with Gasteiger partial charge in [-0.25, -0.2) is 4.39 Å². The van der Waals surface area contributed by atoms with Gasteiger partial charge in [0.2, 0.25) is 5.75 Å². The second kappa shape index (κ2) is 11.4. The molecule has 0 spiro atoms. The highest BCUT2D eigenvalue weighted by Gasteiger charge is 2.12. The fraction of sp³-hybridized carbons (Fsp3) is 0.200. The van der Waals surface area contributed by atoms with Gasteiger partial charge in [-0.1, -0.05) is 18.2 Å². The predicted octanol–water partition coefficient (Wildman–Crippen LogP) is 6.16. The first-order valence-electron chi connectivity index (χ1n) is 9.95. The van der Waals surface area contributed by atoms with Crippen molar-refractivity contribution in [2.24, 2.45) is 0 Å². The zero-order valence-corrected chi connectivity index (χ0v) is 19.9. The fourth-order valence-electron chi connectivity index (χ4n) is 3.12. The highest BCUT2D eigenvalue weighted by molar-refractivity contribution is 8.00. The van der Waals surface area contributed by atoms with E-state index in [2.05, 4.69) is 4.72 Å². The number of benzene rings is 3. The molecule has 0 heterocycles.